The van der Waals surface area contributed by atoms with Gasteiger partial charge in [-0.05, 0) is 66.9 Å². The van der Waals surface area contributed by atoms with Gasteiger partial charge in [0.1, 0.15) is 11.5 Å². The second-order valence-electron chi connectivity index (χ2n) is 9.24. The van der Waals surface area contributed by atoms with Crippen molar-refractivity contribution in [1.82, 2.24) is 4.31 Å². The average Bonchev–Trinajstić information content (AvgIpc) is 2.93. The molecule has 40 heavy (non-hydrogen) atoms. The van der Waals surface area contributed by atoms with Crippen molar-refractivity contribution in [3.63, 3.8) is 0 Å². The third-order valence-corrected chi connectivity index (χ3v) is 10.3. The number of carbonyl (C=O) groups is 1. The van der Waals surface area contributed by atoms with Crippen molar-refractivity contribution in [3.8, 4) is 11.5 Å². The summed E-state index contributed by atoms with van der Waals surface area (Å²) in [7, 11) is -4.51. The van der Waals surface area contributed by atoms with Crippen molar-refractivity contribution in [1.29, 1.82) is 0 Å². The molecule has 214 valence electrons. The smallest absolute Gasteiger partial charge is 0.262 e. The largest absolute Gasteiger partial charge is 0.497 e. The Morgan fingerprint density at radius 3 is 2.27 bits per heavy atom. The summed E-state index contributed by atoms with van der Waals surface area (Å²) < 4.78 is 66.7. The number of nitrogens with one attached hydrogen (secondary N) is 2. The Kier molecular flexibility index (Phi) is 9.39. The molecule has 0 radical (unpaired) electrons. The van der Waals surface area contributed by atoms with Crippen LogP contribution in [0.1, 0.15) is 18.4 Å². The maximum absolute atomic E-state index is 12.9. The van der Waals surface area contributed by atoms with Gasteiger partial charge in [0.05, 0.1) is 30.6 Å². The normalized spacial score (nSPS) is 14.9. The van der Waals surface area contributed by atoms with Gasteiger partial charge in [-0.15, -0.1) is 0 Å². The SMILES string of the molecule is COc1ccc(NS(=O)(=O)c2ccc(NC(=O)C3CCN(S(=O)(=O)Cc4cccc(Br)c4)CC3)cc2)c(OC)c1. The molecule has 1 heterocycles. The van der Waals surface area contributed by atoms with Crippen LogP contribution in [0.4, 0.5) is 11.4 Å². The Bertz CT molecular complexity index is 1570. The monoisotopic (exact) mass is 651 g/mol. The number of ether oxygens (including phenoxy) is 2. The Morgan fingerprint density at radius 1 is 0.950 bits per heavy atom. The third kappa shape index (κ3) is 7.33. The van der Waals surface area contributed by atoms with Gasteiger partial charge in [0.25, 0.3) is 10.0 Å². The fourth-order valence-electron chi connectivity index (χ4n) is 4.37. The van der Waals surface area contributed by atoms with E-state index in [2.05, 4.69) is 26.0 Å². The highest BCUT2D eigenvalue weighted by Gasteiger charge is 2.31. The molecule has 1 fully saturated rings. The number of anilines is 2. The number of methoxy groups -OCH3 is 2. The van der Waals surface area contributed by atoms with E-state index in [1.165, 1.54) is 42.8 Å². The lowest BCUT2D eigenvalue weighted by Gasteiger charge is -2.30. The summed E-state index contributed by atoms with van der Waals surface area (Å²) in [5.74, 6) is 0.135. The average molecular weight is 653 g/mol. The highest BCUT2D eigenvalue weighted by molar-refractivity contribution is 9.10. The molecule has 1 saturated heterocycles. The molecular weight excluding hydrogens is 622 g/mol. The first-order valence-electron chi connectivity index (χ1n) is 12.4. The van der Waals surface area contributed by atoms with Gasteiger partial charge in [0.2, 0.25) is 15.9 Å². The predicted molar refractivity (Wildman–Crippen MR) is 156 cm³/mol. The molecule has 0 atom stereocenters. The highest BCUT2D eigenvalue weighted by atomic mass is 79.9. The van der Waals surface area contributed by atoms with Gasteiger partial charge in [0.15, 0.2) is 0 Å². The summed E-state index contributed by atoms with van der Waals surface area (Å²) in [6.07, 6.45) is 0.785. The van der Waals surface area contributed by atoms with Gasteiger partial charge in [0, 0.05) is 35.2 Å². The number of halogens is 1. The maximum Gasteiger partial charge on any atom is 0.262 e. The zero-order chi connectivity index (χ0) is 28.9. The summed E-state index contributed by atoms with van der Waals surface area (Å²) in [6.45, 7) is 0.512. The molecule has 3 aromatic carbocycles. The van der Waals surface area contributed by atoms with E-state index < -0.39 is 20.0 Å². The van der Waals surface area contributed by atoms with Crippen LogP contribution in [0.15, 0.2) is 76.1 Å². The lowest BCUT2D eigenvalue weighted by atomic mass is 9.97. The van der Waals surface area contributed by atoms with Crippen LogP contribution < -0.4 is 19.5 Å². The molecule has 0 saturated carbocycles. The van der Waals surface area contributed by atoms with E-state index in [1.807, 2.05) is 6.07 Å². The molecule has 1 aliphatic heterocycles. The first kappa shape index (κ1) is 29.8. The van der Waals surface area contributed by atoms with Crippen molar-refractivity contribution < 1.29 is 31.1 Å². The third-order valence-electron chi connectivity index (χ3n) is 6.54. The van der Waals surface area contributed by atoms with Gasteiger partial charge in [-0.1, -0.05) is 28.1 Å². The zero-order valence-electron chi connectivity index (χ0n) is 22.0. The number of piperidine rings is 1. The summed E-state index contributed by atoms with van der Waals surface area (Å²) in [4.78, 5) is 12.9. The fourth-order valence-corrected chi connectivity index (χ4v) is 7.44. The van der Waals surface area contributed by atoms with E-state index in [-0.39, 0.29) is 41.3 Å². The van der Waals surface area contributed by atoms with Gasteiger partial charge in [-0.3, -0.25) is 9.52 Å². The number of rotatable bonds is 10. The number of amides is 1. The topological polar surface area (TPSA) is 131 Å². The van der Waals surface area contributed by atoms with E-state index in [1.54, 1.807) is 36.4 Å². The van der Waals surface area contributed by atoms with Crippen LogP contribution in [0.5, 0.6) is 11.5 Å². The lowest BCUT2D eigenvalue weighted by Crippen LogP contribution is -2.41. The molecule has 13 heteroatoms. The second-order valence-corrected chi connectivity index (χ2v) is 13.8. The Labute approximate surface area is 242 Å². The van der Waals surface area contributed by atoms with Crippen LogP contribution in [-0.2, 0) is 30.6 Å². The fraction of sp³-hybridized carbons (Fsp3) is 0.296. The van der Waals surface area contributed by atoms with E-state index in [0.717, 1.165) is 4.47 Å². The van der Waals surface area contributed by atoms with E-state index in [4.69, 9.17) is 9.47 Å². The zero-order valence-corrected chi connectivity index (χ0v) is 25.2. The van der Waals surface area contributed by atoms with Crippen molar-refractivity contribution in [3.05, 3.63) is 76.8 Å². The van der Waals surface area contributed by atoms with Crippen molar-refractivity contribution >= 4 is 53.3 Å². The van der Waals surface area contributed by atoms with Crippen LogP contribution in [0.2, 0.25) is 0 Å². The lowest BCUT2D eigenvalue weighted by molar-refractivity contribution is -0.120. The van der Waals surface area contributed by atoms with Crippen molar-refractivity contribution in [2.45, 2.75) is 23.5 Å². The van der Waals surface area contributed by atoms with Crippen molar-refractivity contribution in [2.75, 3.05) is 37.3 Å². The first-order chi connectivity index (χ1) is 19.0. The van der Waals surface area contributed by atoms with Crippen LogP contribution in [-0.4, -0.2) is 54.4 Å². The second kappa shape index (κ2) is 12.6. The van der Waals surface area contributed by atoms with Crippen LogP contribution in [0.3, 0.4) is 0 Å². The highest BCUT2D eigenvalue weighted by Crippen LogP contribution is 2.31. The molecule has 0 unspecified atom stereocenters. The van der Waals surface area contributed by atoms with E-state index in [9.17, 15) is 21.6 Å². The van der Waals surface area contributed by atoms with Crippen molar-refractivity contribution in [2.24, 2.45) is 5.92 Å². The molecule has 0 spiro atoms. The number of carbonyl (C=O) groups excluding carboxylic acids is 1. The van der Waals surface area contributed by atoms with Gasteiger partial charge in [-0.2, -0.15) is 0 Å². The molecule has 1 amide bonds. The van der Waals surface area contributed by atoms with Gasteiger partial charge in [-0.25, -0.2) is 21.1 Å². The summed E-state index contributed by atoms with van der Waals surface area (Å²) in [6, 6.07) is 17.7. The number of sulfonamides is 2. The molecule has 2 N–H and O–H groups in total. The van der Waals surface area contributed by atoms with E-state index in [0.29, 0.717) is 35.6 Å². The van der Waals surface area contributed by atoms with Gasteiger partial charge >= 0.3 is 0 Å². The summed E-state index contributed by atoms with van der Waals surface area (Å²) in [5.41, 5.74) is 1.39. The Balaban J connectivity index is 1.33. The molecule has 1 aliphatic rings. The number of hydrogen-bond donors (Lipinski definition) is 2. The maximum atomic E-state index is 12.9. The summed E-state index contributed by atoms with van der Waals surface area (Å²) in [5, 5.41) is 2.81. The molecule has 3 aromatic rings. The standard InChI is InChI=1S/C27H30BrN3O7S2/c1-37-23-8-11-25(26(17-23)38-2)30-40(35,36)24-9-6-22(7-10-24)29-27(32)20-12-14-31(15-13-20)39(33,34)18-19-4-3-5-21(28)16-19/h3-11,16-17,20,30H,12-15,18H2,1-2H3,(H,29,32). The van der Waals surface area contributed by atoms with Crippen LogP contribution in [0, 0.1) is 5.92 Å². The predicted octanol–water partition coefficient (Wildman–Crippen LogP) is 4.45. The number of benzene rings is 3. The molecule has 0 aliphatic carbocycles. The van der Waals surface area contributed by atoms with Gasteiger partial charge < -0.3 is 14.8 Å². The quantitative estimate of drug-likeness (QED) is 0.331. The Hall–Kier alpha value is -3.13. The minimum Gasteiger partial charge on any atom is -0.497 e. The number of nitrogens with zero attached hydrogens (tertiary/aromatic N) is 1. The molecule has 0 bridgehead atoms. The molecule has 4 rings (SSSR count). The molecule has 10 nitrogen and oxygen atoms in total. The summed E-state index contributed by atoms with van der Waals surface area (Å²) >= 11 is 3.36. The number of hydrogen-bond acceptors (Lipinski definition) is 7. The van der Waals surface area contributed by atoms with Crippen LogP contribution >= 0.6 is 15.9 Å². The molecule has 0 aromatic heterocycles. The van der Waals surface area contributed by atoms with Crippen LogP contribution in [0.25, 0.3) is 0 Å². The first-order valence-corrected chi connectivity index (χ1v) is 16.3. The minimum atomic E-state index is -3.93. The Morgan fingerprint density at radius 2 is 1.65 bits per heavy atom. The van der Waals surface area contributed by atoms with E-state index >= 15 is 0 Å². The molecular formula is C27H30BrN3O7S2. The minimum absolute atomic E-state index is 0.00679.